The fraction of sp³-hybridized carbons (Fsp3) is 0.556. The van der Waals surface area contributed by atoms with Crippen LogP contribution >= 0.6 is 0 Å². The highest BCUT2D eigenvalue weighted by Crippen LogP contribution is 2.22. The molecule has 1 aliphatic heterocycles. The molecule has 1 aromatic carbocycles. The average Bonchev–Trinajstić information content (AvgIpc) is 2.56. The van der Waals surface area contributed by atoms with Crippen molar-refractivity contribution in [3.8, 4) is 0 Å². The number of aliphatic carboxylic acids is 1. The first-order chi connectivity index (χ1) is 11.1. The molecule has 0 aromatic heterocycles. The number of carbonyl (C=O) groups is 2. The summed E-state index contributed by atoms with van der Waals surface area (Å²) in [6.45, 7) is 1.76. The predicted octanol–water partition coefficient (Wildman–Crippen LogP) is 2.91. The molecule has 126 valence electrons. The molecule has 0 aliphatic carbocycles. The molecule has 0 radical (unpaired) electrons. The number of hydrogen-bond acceptors (Lipinski definition) is 2. The fourth-order valence-corrected chi connectivity index (χ4v) is 3.11. The zero-order valence-electron chi connectivity index (χ0n) is 13.5. The molecule has 1 atom stereocenters. The van der Waals surface area contributed by atoms with Gasteiger partial charge in [-0.2, -0.15) is 0 Å². The van der Waals surface area contributed by atoms with Crippen LogP contribution in [0.4, 0.5) is 4.79 Å². The summed E-state index contributed by atoms with van der Waals surface area (Å²) in [6.07, 6.45) is 5.54. The Kier molecular flexibility index (Phi) is 6.91. The van der Waals surface area contributed by atoms with Gasteiger partial charge >= 0.3 is 12.0 Å². The van der Waals surface area contributed by atoms with Gasteiger partial charge in [-0.3, -0.25) is 4.79 Å². The Balaban J connectivity index is 1.68. The lowest BCUT2D eigenvalue weighted by Crippen LogP contribution is -2.46. The third-order valence-electron chi connectivity index (χ3n) is 4.34. The molecule has 1 aromatic rings. The highest BCUT2D eigenvalue weighted by Gasteiger charge is 2.23. The number of aryl methyl sites for hydroxylation is 1. The number of hydrogen-bond donors (Lipinski definition) is 2. The largest absolute Gasteiger partial charge is 0.481 e. The Hall–Kier alpha value is -2.04. The van der Waals surface area contributed by atoms with E-state index in [0.29, 0.717) is 5.92 Å². The quantitative estimate of drug-likeness (QED) is 0.812. The molecular formula is C18H26N2O3. The van der Waals surface area contributed by atoms with Gasteiger partial charge in [0, 0.05) is 19.6 Å². The lowest BCUT2D eigenvalue weighted by atomic mass is 9.92. The van der Waals surface area contributed by atoms with Crippen molar-refractivity contribution >= 4 is 12.0 Å². The van der Waals surface area contributed by atoms with Crippen LogP contribution in [0.1, 0.15) is 37.7 Å². The molecule has 1 saturated heterocycles. The maximum Gasteiger partial charge on any atom is 0.317 e. The van der Waals surface area contributed by atoms with E-state index in [2.05, 4.69) is 29.6 Å². The van der Waals surface area contributed by atoms with Crippen molar-refractivity contribution in [2.24, 2.45) is 5.92 Å². The molecule has 23 heavy (non-hydrogen) atoms. The molecule has 5 heteroatoms. The Morgan fingerprint density at radius 2 is 2.04 bits per heavy atom. The van der Waals surface area contributed by atoms with Gasteiger partial charge in [0.15, 0.2) is 0 Å². The summed E-state index contributed by atoms with van der Waals surface area (Å²) in [7, 11) is 0. The second-order valence-corrected chi connectivity index (χ2v) is 6.21. The van der Waals surface area contributed by atoms with Crippen molar-refractivity contribution in [3.63, 3.8) is 0 Å². The van der Waals surface area contributed by atoms with Gasteiger partial charge in [0.25, 0.3) is 0 Å². The molecule has 1 aliphatic rings. The molecule has 0 bridgehead atoms. The first-order valence-electron chi connectivity index (χ1n) is 8.43. The van der Waals surface area contributed by atoms with Crippen LogP contribution in [0.5, 0.6) is 0 Å². The lowest BCUT2D eigenvalue weighted by molar-refractivity contribution is -0.136. The Labute approximate surface area is 137 Å². The second-order valence-electron chi connectivity index (χ2n) is 6.21. The normalized spacial score (nSPS) is 17.7. The van der Waals surface area contributed by atoms with Crippen molar-refractivity contribution in [3.05, 3.63) is 35.9 Å². The van der Waals surface area contributed by atoms with Crippen molar-refractivity contribution < 1.29 is 14.7 Å². The summed E-state index contributed by atoms with van der Waals surface area (Å²) in [5, 5.41) is 11.3. The van der Waals surface area contributed by atoms with Crippen molar-refractivity contribution in [2.75, 3.05) is 19.6 Å². The maximum absolute atomic E-state index is 12.0. The SMILES string of the molecule is O=C(O)CCNC(=O)N1CCCC(CCCc2ccccc2)C1. The maximum atomic E-state index is 12.0. The van der Waals surface area contributed by atoms with Gasteiger partial charge in [0.1, 0.15) is 0 Å². The number of benzene rings is 1. The number of urea groups is 1. The number of carboxylic acid groups (broad SMARTS) is 1. The van der Waals surface area contributed by atoms with Gasteiger partial charge in [-0.15, -0.1) is 0 Å². The molecular weight excluding hydrogens is 292 g/mol. The number of amides is 2. The average molecular weight is 318 g/mol. The molecule has 1 fully saturated rings. The van der Waals surface area contributed by atoms with Gasteiger partial charge in [-0.1, -0.05) is 30.3 Å². The van der Waals surface area contributed by atoms with Crippen molar-refractivity contribution in [1.82, 2.24) is 10.2 Å². The summed E-state index contributed by atoms with van der Waals surface area (Å²) >= 11 is 0. The first kappa shape index (κ1) is 17.3. The van der Waals surface area contributed by atoms with Gasteiger partial charge < -0.3 is 15.3 Å². The van der Waals surface area contributed by atoms with E-state index in [1.807, 2.05) is 11.0 Å². The molecule has 0 spiro atoms. The number of nitrogens with one attached hydrogen (secondary N) is 1. The minimum atomic E-state index is -0.886. The Bertz CT molecular complexity index is 504. The summed E-state index contributed by atoms with van der Waals surface area (Å²) in [4.78, 5) is 24.4. The van der Waals surface area contributed by atoms with E-state index in [-0.39, 0.29) is 19.0 Å². The molecule has 2 N–H and O–H groups in total. The van der Waals surface area contributed by atoms with Crippen molar-refractivity contribution in [1.29, 1.82) is 0 Å². The van der Waals surface area contributed by atoms with E-state index in [9.17, 15) is 9.59 Å². The van der Waals surface area contributed by atoms with Crippen LogP contribution in [0.3, 0.4) is 0 Å². The van der Waals surface area contributed by atoms with Gasteiger partial charge in [-0.25, -0.2) is 4.79 Å². The van der Waals surface area contributed by atoms with Crippen molar-refractivity contribution in [2.45, 2.75) is 38.5 Å². The highest BCUT2D eigenvalue weighted by molar-refractivity contribution is 5.75. The number of likely N-dealkylation sites (tertiary alicyclic amines) is 1. The molecule has 2 amide bonds. The monoisotopic (exact) mass is 318 g/mol. The standard InChI is InChI=1S/C18H26N2O3/c21-17(22)11-12-19-18(23)20-13-5-10-16(14-20)9-4-8-15-6-2-1-3-7-15/h1-3,6-7,16H,4-5,8-14H2,(H,19,23)(H,21,22). The first-order valence-corrected chi connectivity index (χ1v) is 8.43. The van der Waals surface area contributed by atoms with E-state index < -0.39 is 5.97 Å². The second kappa shape index (κ2) is 9.18. The topological polar surface area (TPSA) is 69.6 Å². The molecule has 5 nitrogen and oxygen atoms in total. The van der Waals surface area contributed by atoms with E-state index in [1.165, 1.54) is 12.0 Å². The Morgan fingerprint density at radius 3 is 2.78 bits per heavy atom. The minimum absolute atomic E-state index is 0.0277. The smallest absolute Gasteiger partial charge is 0.317 e. The number of carboxylic acids is 1. The van der Waals surface area contributed by atoms with Crippen LogP contribution in [0.15, 0.2) is 30.3 Å². The number of rotatable bonds is 7. The molecule has 1 unspecified atom stereocenters. The molecule has 0 saturated carbocycles. The lowest BCUT2D eigenvalue weighted by Gasteiger charge is -2.32. The predicted molar refractivity (Wildman–Crippen MR) is 89.3 cm³/mol. The molecule has 2 rings (SSSR count). The third-order valence-corrected chi connectivity index (χ3v) is 4.34. The van der Waals surface area contributed by atoms with Crippen LogP contribution in [0, 0.1) is 5.92 Å². The van der Waals surface area contributed by atoms with Crippen LogP contribution in [0.25, 0.3) is 0 Å². The highest BCUT2D eigenvalue weighted by atomic mass is 16.4. The van der Waals surface area contributed by atoms with Gasteiger partial charge in [0.2, 0.25) is 0 Å². The van der Waals surface area contributed by atoms with Crippen LogP contribution in [0.2, 0.25) is 0 Å². The third kappa shape index (κ3) is 6.30. The summed E-state index contributed by atoms with van der Waals surface area (Å²) < 4.78 is 0. The van der Waals surface area contributed by atoms with Gasteiger partial charge in [0.05, 0.1) is 6.42 Å². The fourth-order valence-electron chi connectivity index (χ4n) is 3.11. The van der Waals surface area contributed by atoms with Crippen LogP contribution in [-0.4, -0.2) is 41.6 Å². The number of piperidine rings is 1. The summed E-state index contributed by atoms with van der Waals surface area (Å²) in [5.74, 6) is -0.333. The number of carbonyl (C=O) groups excluding carboxylic acids is 1. The minimum Gasteiger partial charge on any atom is -0.481 e. The van der Waals surface area contributed by atoms with Crippen LogP contribution in [-0.2, 0) is 11.2 Å². The van der Waals surface area contributed by atoms with Gasteiger partial charge in [-0.05, 0) is 43.6 Å². The van der Waals surface area contributed by atoms with E-state index in [0.717, 1.165) is 38.8 Å². The zero-order valence-corrected chi connectivity index (χ0v) is 13.5. The van der Waals surface area contributed by atoms with E-state index in [4.69, 9.17) is 5.11 Å². The van der Waals surface area contributed by atoms with E-state index >= 15 is 0 Å². The zero-order chi connectivity index (χ0) is 16.5. The number of nitrogens with zero attached hydrogens (tertiary/aromatic N) is 1. The summed E-state index contributed by atoms with van der Waals surface area (Å²) in [5.41, 5.74) is 1.37. The van der Waals surface area contributed by atoms with E-state index in [1.54, 1.807) is 0 Å². The van der Waals surface area contributed by atoms with Crippen LogP contribution < -0.4 is 5.32 Å². The molecule has 1 heterocycles. The Morgan fingerprint density at radius 1 is 1.26 bits per heavy atom. The summed E-state index contributed by atoms with van der Waals surface area (Å²) in [6, 6.07) is 10.4.